The van der Waals surface area contributed by atoms with Gasteiger partial charge in [0.2, 0.25) is 0 Å². The van der Waals surface area contributed by atoms with Gasteiger partial charge in [0.15, 0.2) is 0 Å². The maximum atomic E-state index is 10.3. The molecule has 1 saturated carbocycles. The van der Waals surface area contributed by atoms with Crippen LogP contribution in [0.1, 0.15) is 32.1 Å². The van der Waals surface area contributed by atoms with Gasteiger partial charge in [0.05, 0.1) is 0 Å². The summed E-state index contributed by atoms with van der Waals surface area (Å²) in [5.74, 6) is 0. The van der Waals surface area contributed by atoms with Crippen molar-refractivity contribution in [3.8, 4) is 0 Å². The Balaban J connectivity index is 0.00000121. The van der Waals surface area contributed by atoms with Crippen LogP contribution in [0.25, 0.3) is 0 Å². The van der Waals surface area contributed by atoms with Gasteiger partial charge in [-0.1, -0.05) is 19.3 Å². The van der Waals surface area contributed by atoms with Crippen LogP contribution in [0.15, 0.2) is 0 Å². The van der Waals surface area contributed by atoms with Crippen LogP contribution in [0.2, 0.25) is 0 Å². The van der Waals surface area contributed by atoms with Gasteiger partial charge in [-0.2, -0.15) is 13.1 Å². The Labute approximate surface area is 95.3 Å². The first-order chi connectivity index (χ1) is 5.08. The predicted octanol–water partition coefficient (Wildman–Crippen LogP) is 0.331. The summed E-state index contributed by atoms with van der Waals surface area (Å²) in [6, 6.07) is -0.0428. The van der Waals surface area contributed by atoms with Gasteiger partial charge in [-0.3, -0.25) is 4.55 Å². The molecule has 0 bridgehead atoms. The smallest absolute Gasteiger partial charge is 0.273 e. The van der Waals surface area contributed by atoms with Crippen molar-refractivity contribution in [1.29, 1.82) is 0 Å². The molecule has 0 aliphatic heterocycles. The second kappa shape index (κ2) is 5.57. The zero-order chi connectivity index (χ0) is 8.32. The SMILES string of the molecule is O=S(=O)(O)NC1CCCCC1.[Na]. The van der Waals surface area contributed by atoms with Gasteiger partial charge in [-0.15, -0.1) is 0 Å². The summed E-state index contributed by atoms with van der Waals surface area (Å²) >= 11 is 0. The Morgan fingerprint density at radius 3 is 2.08 bits per heavy atom. The van der Waals surface area contributed by atoms with Crippen molar-refractivity contribution < 1.29 is 13.0 Å². The summed E-state index contributed by atoms with van der Waals surface area (Å²) in [6.45, 7) is 0. The molecule has 0 atom stereocenters. The minimum Gasteiger partial charge on any atom is -0.273 e. The van der Waals surface area contributed by atoms with Gasteiger partial charge < -0.3 is 0 Å². The van der Waals surface area contributed by atoms with Crippen molar-refractivity contribution in [2.24, 2.45) is 0 Å². The molecule has 0 heterocycles. The van der Waals surface area contributed by atoms with E-state index in [1.165, 1.54) is 6.42 Å². The third kappa shape index (κ3) is 5.50. The molecule has 0 aromatic carbocycles. The third-order valence-electron chi connectivity index (χ3n) is 1.92. The van der Waals surface area contributed by atoms with Crippen LogP contribution in [-0.2, 0) is 10.3 Å². The molecule has 0 aromatic heterocycles. The molecule has 0 aromatic rings. The van der Waals surface area contributed by atoms with Gasteiger partial charge in [0.1, 0.15) is 0 Å². The van der Waals surface area contributed by atoms with E-state index < -0.39 is 10.3 Å². The van der Waals surface area contributed by atoms with Crippen LogP contribution in [0.3, 0.4) is 0 Å². The van der Waals surface area contributed by atoms with Crippen LogP contribution in [0.5, 0.6) is 0 Å². The summed E-state index contributed by atoms with van der Waals surface area (Å²) < 4.78 is 31.3. The monoisotopic (exact) mass is 202 g/mol. The van der Waals surface area contributed by atoms with E-state index in [-0.39, 0.29) is 35.6 Å². The van der Waals surface area contributed by atoms with Gasteiger partial charge in [0.25, 0.3) is 0 Å². The van der Waals surface area contributed by atoms with E-state index >= 15 is 0 Å². The van der Waals surface area contributed by atoms with E-state index in [0.717, 1.165) is 25.7 Å². The standard InChI is InChI=1S/C6H13NO3S.Na/c8-11(9,10)7-6-4-2-1-3-5-6;/h6-7H,1-5H2,(H,8,9,10);. The molecule has 0 amide bonds. The largest absolute Gasteiger partial charge is 0.333 e. The number of rotatable bonds is 2. The summed E-state index contributed by atoms with van der Waals surface area (Å²) in [7, 11) is -3.97. The summed E-state index contributed by atoms with van der Waals surface area (Å²) in [5, 5.41) is 0. The Morgan fingerprint density at radius 2 is 1.67 bits per heavy atom. The van der Waals surface area contributed by atoms with E-state index in [2.05, 4.69) is 4.72 Å². The molecule has 2 N–H and O–H groups in total. The molecule has 1 rings (SSSR count). The van der Waals surface area contributed by atoms with E-state index in [4.69, 9.17) is 4.55 Å². The molecule has 1 aliphatic rings. The first-order valence-electron chi connectivity index (χ1n) is 3.83. The summed E-state index contributed by atoms with van der Waals surface area (Å²) in [6.07, 6.45) is 4.96. The number of nitrogens with one attached hydrogen (secondary N) is 1. The molecule has 1 radical (unpaired) electrons. The quantitative estimate of drug-likeness (QED) is 0.501. The fourth-order valence-corrected chi connectivity index (χ4v) is 2.09. The maximum absolute atomic E-state index is 10.3. The average molecular weight is 202 g/mol. The van der Waals surface area contributed by atoms with Crippen LogP contribution in [-0.4, -0.2) is 48.6 Å². The second-order valence-electron chi connectivity index (χ2n) is 2.93. The molecule has 1 fully saturated rings. The summed E-state index contributed by atoms with van der Waals surface area (Å²) in [5.41, 5.74) is 0. The van der Waals surface area contributed by atoms with Crippen LogP contribution >= 0.6 is 0 Å². The number of hydrogen-bond donors (Lipinski definition) is 2. The molecule has 0 spiro atoms. The van der Waals surface area contributed by atoms with Crippen molar-refractivity contribution in [2.45, 2.75) is 38.1 Å². The molecule has 6 heteroatoms. The molecule has 12 heavy (non-hydrogen) atoms. The molecule has 0 saturated heterocycles. The fraction of sp³-hybridized carbons (Fsp3) is 1.00. The molecular weight excluding hydrogens is 189 g/mol. The van der Waals surface area contributed by atoms with Gasteiger partial charge in [-0.25, -0.2) is 0 Å². The Hall–Kier alpha value is 0.870. The third-order valence-corrected chi connectivity index (χ3v) is 2.55. The zero-order valence-electron chi connectivity index (χ0n) is 7.28. The topological polar surface area (TPSA) is 66.4 Å². The molecular formula is C6H13NNaO3S. The van der Waals surface area contributed by atoms with E-state index in [0.29, 0.717) is 0 Å². The number of hydrogen-bond acceptors (Lipinski definition) is 2. The van der Waals surface area contributed by atoms with Crippen LogP contribution in [0.4, 0.5) is 0 Å². The molecule has 67 valence electrons. The van der Waals surface area contributed by atoms with Gasteiger partial charge >= 0.3 is 10.3 Å². The maximum Gasteiger partial charge on any atom is 0.333 e. The van der Waals surface area contributed by atoms with Crippen LogP contribution in [0, 0.1) is 0 Å². The normalized spacial score (nSPS) is 20.1. The van der Waals surface area contributed by atoms with Gasteiger partial charge in [-0.05, 0) is 12.8 Å². The zero-order valence-corrected chi connectivity index (χ0v) is 10.1. The molecule has 1 aliphatic carbocycles. The van der Waals surface area contributed by atoms with Crippen LogP contribution < -0.4 is 4.72 Å². The minimum atomic E-state index is -3.97. The molecule has 4 nitrogen and oxygen atoms in total. The van der Waals surface area contributed by atoms with Gasteiger partial charge in [0, 0.05) is 35.6 Å². The second-order valence-corrected chi connectivity index (χ2v) is 4.11. The first-order valence-corrected chi connectivity index (χ1v) is 5.27. The Morgan fingerprint density at radius 1 is 1.17 bits per heavy atom. The first kappa shape index (κ1) is 12.9. The van der Waals surface area contributed by atoms with Crippen molar-refractivity contribution in [3.63, 3.8) is 0 Å². The van der Waals surface area contributed by atoms with Crippen molar-refractivity contribution >= 4 is 39.9 Å². The summed E-state index contributed by atoms with van der Waals surface area (Å²) in [4.78, 5) is 0. The van der Waals surface area contributed by atoms with E-state index in [1.54, 1.807) is 0 Å². The Kier molecular flexibility index (Phi) is 5.97. The van der Waals surface area contributed by atoms with E-state index in [9.17, 15) is 8.42 Å². The predicted molar refractivity (Wildman–Crippen MR) is 47.3 cm³/mol. The minimum absolute atomic E-state index is 0. The van der Waals surface area contributed by atoms with Crippen molar-refractivity contribution in [1.82, 2.24) is 4.72 Å². The van der Waals surface area contributed by atoms with Crippen molar-refractivity contribution in [3.05, 3.63) is 0 Å². The molecule has 0 unspecified atom stereocenters. The average Bonchev–Trinajstić information content (AvgIpc) is 1.85. The fourth-order valence-electron chi connectivity index (χ4n) is 1.43. The Bertz CT molecular complexity index is 211. The van der Waals surface area contributed by atoms with E-state index in [1.807, 2.05) is 0 Å². The van der Waals surface area contributed by atoms with Crippen molar-refractivity contribution in [2.75, 3.05) is 0 Å².